The first kappa shape index (κ1) is 25.4. The predicted molar refractivity (Wildman–Crippen MR) is 134 cm³/mol. The molecule has 0 saturated carbocycles. The van der Waals surface area contributed by atoms with Gasteiger partial charge in [0.2, 0.25) is 11.8 Å². The van der Waals surface area contributed by atoms with Crippen LogP contribution in [0.1, 0.15) is 64.5 Å². The molecule has 174 valence electrons. The highest BCUT2D eigenvalue weighted by atomic mass is 16.2. The zero-order valence-corrected chi connectivity index (χ0v) is 20.7. The monoisotopic (exact) mass is 437 g/mol. The fourth-order valence-corrected chi connectivity index (χ4v) is 3.81. The minimum absolute atomic E-state index is 0.0152. The Morgan fingerprint density at radius 1 is 0.938 bits per heavy atom. The normalized spacial score (nSPS) is 12.9. The number of nitrogens with one attached hydrogen (secondary N) is 1. The lowest BCUT2D eigenvalue weighted by Crippen LogP contribution is -2.41. The predicted octanol–water partition coefficient (Wildman–Crippen LogP) is 5.67. The summed E-state index contributed by atoms with van der Waals surface area (Å²) in [5.41, 5.74) is 3.88. The van der Waals surface area contributed by atoms with E-state index in [2.05, 4.69) is 31.0 Å². The zero-order valence-electron chi connectivity index (χ0n) is 20.7. The van der Waals surface area contributed by atoms with E-state index in [-0.39, 0.29) is 29.7 Å². The highest BCUT2D eigenvalue weighted by Crippen LogP contribution is 2.29. The average molecular weight is 438 g/mol. The number of carbonyl (C=O) groups excluding carboxylic acids is 2. The van der Waals surface area contributed by atoms with Crippen molar-refractivity contribution in [3.05, 3.63) is 59.7 Å². The number of hydrogen-bond donors (Lipinski definition) is 1. The molecule has 0 aliphatic rings. The maximum absolute atomic E-state index is 13.8. The van der Waals surface area contributed by atoms with E-state index in [9.17, 15) is 9.59 Å². The number of amides is 2. The van der Waals surface area contributed by atoms with Crippen molar-refractivity contribution >= 4 is 23.2 Å². The van der Waals surface area contributed by atoms with E-state index in [1.54, 1.807) is 0 Å². The SMILES string of the molecule is CC[C@@H](C(=O)N(Cc1cc(NC(=O)C(C)C)ccc1N(C)C)[C@@H](C)CC)c1ccccc1. The molecular weight excluding hydrogens is 398 g/mol. The molecular formula is C27H39N3O2. The van der Waals surface area contributed by atoms with E-state index in [1.165, 1.54) is 0 Å². The maximum atomic E-state index is 13.8. The third-order valence-electron chi connectivity index (χ3n) is 6.01. The van der Waals surface area contributed by atoms with Crippen LogP contribution in [0.25, 0.3) is 0 Å². The zero-order chi connectivity index (χ0) is 23.8. The van der Waals surface area contributed by atoms with E-state index < -0.39 is 0 Å². The quantitative estimate of drug-likeness (QED) is 0.521. The van der Waals surface area contributed by atoms with Gasteiger partial charge in [0.1, 0.15) is 0 Å². The van der Waals surface area contributed by atoms with Crippen molar-refractivity contribution in [3.8, 4) is 0 Å². The third-order valence-corrected chi connectivity index (χ3v) is 6.01. The first-order valence-corrected chi connectivity index (χ1v) is 11.7. The van der Waals surface area contributed by atoms with Gasteiger partial charge in [-0.15, -0.1) is 0 Å². The second-order valence-corrected chi connectivity index (χ2v) is 8.98. The van der Waals surface area contributed by atoms with Gasteiger partial charge in [0.05, 0.1) is 5.92 Å². The van der Waals surface area contributed by atoms with Gasteiger partial charge in [-0.1, -0.05) is 58.0 Å². The van der Waals surface area contributed by atoms with Crippen molar-refractivity contribution < 1.29 is 9.59 Å². The molecule has 0 saturated heterocycles. The summed E-state index contributed by atoms with van der Waals surface area (Å²) in [6, 6.07) is 16.1. The minimum atomic E-state index is -0.170. The van der Waals surface area contributed by atoms with E-state index in [0.717, 1.165) is 35.3 Å². The second-order valence-electron chi connectivity index (χ2n) is 8.98. The van der Waals surface area contributed by atoms with Gasteiger partial charge in [0.15, 0.2) is 0 Å². The summed E-state index contributed by atoms with van der Waals surface area (Å²) >= 11 is 0. The van der Waals surface area contributed by atoms with E-state index in [1.807, 2.05) is 81.4 Å². The third kappa shape index (κ3) is 6.35. The van der Waals surface area contributed by atoms with Crippen LogP contribution in [0.5, 0.6) is 0 Å². The summed E-state index contributed by atoms with van der Waals surface area (Å²) in [5, 5.41) is 2.99. The summed E-state index contributed by atoms with van der Waals surface area (Å²) in [4.78, 5) is 30.0. The summed E-state index contributed by atoms with van der Waals surface area (Å²) in [6.07, 6.45) is 1.62. The van der Waals surface area contributed by atoms with Crippen LogP contribution in [0.15, 0.2) is 48.5 Å². The Labute approximate surface area is 193 Å². The van der Waals surface area contributed by atoms with Crippen molar-refractivity contribution in [1.82, 2.24) is 4.90 Å². The molecule has 2 atom stereocenters. The van der Waals surface area contributed by atoms with Crippen LogP contribution in [0.3, 0.4) is 0 Å². The Balaban J connectivity index is 2.42. The molecule has 0 spiro atoms. The maximum Gasteiger partial charge on any atom is 0.230 e. The Bertz CT molecular complexity index is 893. The Hall–Kier alpha value is -2.82. The topological polar surface area (TPSA) is 52.7 Å². The van der Waals surface area contributed by atoms with Crippen LogP contribution in [-0.2, 0) is 16.1 Å². The highest BCUT2D eigenvalue weighted by molar-refractivity contribution is 5.92. The average Bonchev–Trinajstić information content (AvgIpc) is 2.77. The van der Waals surface area contributed by atoms with Crippen molar-refractivity contribution in [3.63, 3.8) is 0 Å². The Morgan fingerprint density at radius 3 is 2.12 bits per heavy atom. The van der Waals surface area contributed by atoms with Crippen LogP contribution in [0.4, 0.5) is 11.4 Å². The molecule has 0 fully saturated rings. The fourth-order valence-electron chi connectivity index (χ4n) is 3.81. The summed E-state index contributed by atoms with van der Waals surface area (Å²) in [6.45, 7) is 10.5. The van der Waals surface area contributed by atoms with Gasteiger partial charge < -0.3 is 15.1 Å². The van der Waals surface area contributed by atoms with Crippen molar-refractivity contribution in [1.29, 1.82) is 0 Å². The van der Waals surface area contributed by atoms with Gasteiger partial charge in [0, 0.05) is 44.0 Å². The molecule has 5 nitrogen and oxygen atoms in total. The molecule has 0 unspecified atom stereocenters. The molecule has 5 heteroatoms. The molecule has 0 radical (unpaired) electrons. The fraction of sp³-hybridized carbons (Fsp3) is 0.481. The molecule has 2 rings (SSSR count). The van der Waals surface area contributed by atoms with Crippen LogP contribution in [0.2, 0.25) is 0 Å². The van der Waals surface area contributed by atoms with Gasteiger partial charge in [-0.25, -0.2) is 0 Å². The summed E-state index contributed by atoms with van der Waals surface area (Å²) in [7, 11) is 4.00. The number of rotatable bonds is 10. The van der Waals surface area contributed by atoms with Gasteiger partial charge in [-0.2, -0.15) is 0 Å². The first-order chi connectivity index (χ1) is 15.2. The Morgan fingerprint density at radius 2 is 1.59 bits per heavy atom. The standard InChI is InChI=1S/C27H39N3O2/c1-8-20(5)30(27(32)24(9-2)21-13-11-10-12-14-21)18-22-17-23(28-26(31)19(3)4)15-16-25(22)29(6)7/h10-17,19-20,24H,8-9,18H2,1-7H3,(H,28,31)/t20-,24+/m0/s1. The van der Waals surface area contributed by atoms with E-state index in [4.69, 9.17) is 0 Å². The van der Waals surface area contributed by atoms with Gasteiger partial charge in [-0.3, -0.25) is 9.59 Å². The van der Waals surface area contributed by atoms with Crippen LogP contribution >= 0.6 is 0 Å². The lowest BCUT2D eigenvalue weighted by atomic mass is 9.94. The van der Waals surface area contributed by atoms with Gasteiger partial charge in [0.25, 0.3) is 0 Å². The molecule has 32 heavy (non-hydrogen) atoms. The number of nitrogens with zero attached hydrogens (tertiary/aromatic N) is 2. The number of hydrogen-bond acceptors (Lipinski definition) is 3. The van der Waals surface area contributed by atoms with Crippen molar-refractivity contribution in [2.45, 2.75) is 66.0 Å². The molecule has 2 aromatic rings. The number of carbonyl (C=O) groups is 2. The number of benzene rings is 2. The van der Waals surface area contributed by atoms with Gasteiger partial charge in [-0.05, 0) is 49.1 Å². The molecule has 0 aromatic heterocycles. The van der Waals surface area contributed by atoms with Gasteiger partial charge >= 0.3 is 0 Å². The lowest BCUT2D eigenvalue weighted by Gasteiger charge is -2.33. The largest absolute Gasteiger partial charge is 0.377 e. The second kappa shape index (κ2) is 11.7. The van der Waals surface area contributed by atoms with Crippen molar-refractivity contribution in [2.24, 2.45) is 5.92 Å². The molecule has 1 N–H and O–H groups in total. The first-order valence-electron chi connectivity index (χ1n) is 11.7. The van der Waals surface area contributed by atoms with E-state index in [0.29, 0.717) is 6.54 Å². The van der Waals surface area contributed by atoms with Crippen molar-refractivity contribution in [2.75, 3.05) is 24.3 Å². The molecule has 2 amide bonds. The highest BCUT2D eigenvalue weighted by Gasteiger charge is 2.28. The molecule has 0 aliphatic carbocycles. The molecule has 0 bridgehead atoms. The summed E-state index contributed by atoms with van der Waals surface area (Å²) < 4.78 is 0. The molecule has 2 aromatic carbocycles. The van der Waals surface area contributed by atoms with E-state index >= 15 is 0 Å². The van der Waals surface area contributed by atoms with Crippen LogP contribution in [0, 0.1) is 5.92 Å². The minimum Gasteiger partial charge on any atom is -0.377 e. The summed E-state index contributed by atoms with van der Waals surface area (Å²) in [5.74, 6) is -0.133. The Kier molecular flexibility index (Phi) is 9.30. The lowest BCUT2D eigenvalue weighted by molar-refractivity contribution is -0.135. The molecule has 0 heterocycles. The van der Waals surface area contributed by atoms with Crippen LogP contribution in [-0.4, -0.2) is 36.9 Å². The van der Waals surface area contributed by atoms with Crippen LogP contribution < -0.4 is 10.2 Å². The number of anilines is 2. The molecule has 0 aliphatic heterocycles. The smallest absolute Gasteiger partial charge is 0.230 e.